The van der Waals surface area contributed by atoms with Crippen molar-refractivity contribution in [2.45, 2.75) is 32.7 Å². The van der Waals surface area contributed by atoms with Gasteiger partial charge in [-0.1, -0.05) is 36.5 Å². The second-order valence-electron chi connectivity index (χ2n) is 3.91. The third-order valence-electron chi connectivity index (χ3n) is 2.34. The molecule has 0 aliphatic heterocycles. The van der Waals surface area contributed by atoms with Gasteiger partial charge >= 0.3 is 0 Å². The van der Waals surface area contributed by atoms with Gasteiger partial charge in [-0.2, -0.15) is 0 Å². The van der Waals surface area contributed by atoms with Crippen LogP contribution in [0.2, 0.25) is 10.0 Å². The zero-order valence-corrected chi connectivity index (χ0v) is 13.4. The summed E-state index contributed by atoms with van der Waals surface area (Å²) < 4.78 is 0.731. The molecule has 1 rings (SSSR count). The summed E-state index contributed by atoms with van der Waals surface area (Å²) in [5, 5.41) is 3.91. The highest BCUT2D eigenvalue weighted by molar-refractivity contribution is 14.1. The van der Waals surface area contributed by atoms with Crippen LogP contribution in [-0.2, 0) is 0 Å². The van der Waals surface area contributed by atoms with Gasteiger partial charge in [0.25, 0.3) is 5.91 Å². The van der Waals surface area contributed by atoms with Crippen molar-refractivity contribution >= 4 is 51.7 Å². The first kappa shape index (κ1) is 15.1. The Morgan fingerprint density at radius 1 is 1.47 bits per heavy atom. The van der Waals surface area contributed by atoms with Crippen molar-refractivity contribution in [2.75, 3.05) is 0 Å². The van der Waals surface area contributed by atoms with Crippen molar-refractivity contribution < 1.29 is 4.79 Å². The lowest BCUT2D eigenvalue weighted by Crippen LogP contribution is -2.32. The van der Waals surface area contributed by atoms with E-state index in [1.54, 1.807) is 12.1 Å². The molecule has 0 radical (unpaired) electrons. The number of amides is 1. The fourth-order valence-electron chi connectivity index (χ4n) is 1.53. The molecular weight excluding hydrogens is 372 g/mol. The first-order valence-corrected chi connectivity index (χ1v) is 7.24. The molecule has 0 bridgehead atoms. The molecule has 5 heteroatoms. The summed E-state index contributed by atoms with van der Waals surface area (Å²) >= 11 is 13.9. The molecule has 2 nitrogen and oxygen atoms in total. The second kappa shape index (κ2) is 6.81. The summed E-state index contributed by atoms with van der Waals surface area (Å²) in [6, 6.07) is 3.43. The van der Waals surface area contributed by atoms with Crippen LogP contribution >= 0.6 is 45.8 Å². The number of rotatable bonds is 4. The second-order valence-corrected chi connectivity index (χ2v) is 5.83. The van der Waals surface area contributed by atoms with Crippen LogP contribution in [0.15, 0.2) is 12.1 Å². The lowest BCUT2D eigenvalue weighted by atomic mass is 10.1. The van der Waals surface area contributed by atoms with E-state index in [1.807, 2.05) is 6.92 Å². The van der Waals surface area contributed by atoms with Crippen molar-refractivity contribution in [3.63, 3.8) is 0 Å². The average molecular weight is 386 g/mol. The highest BCUT2D eigenvalue weighted by Gasteiger charge is 2.15. The Morgan fingerprint density at radius 2 is 2.12 bits per heavy atom. The Balaban J connectivity index is 2.89. The fourth-order valence-corrected chi connectivity index (χ4v) is 2.58. The predicted octanol–water partition coefficient (Wildman–Crippen LogP) is 4.52. The molecule has 0 spiro atoms. The number of carbonyl (C=O) groups is 1. The van der Waals surface area contributed by atoms with E-state index >= 15 is 0 Å². The maximum absolute atomic E-state index is 12.0. The molecule has 1 aromatic carbocycles. The van der Waals surface area contributed by atoms with E-state index in [-0.39, 0.29) is 11.9 Å². The van der Waals surface area contributed by atoms with Crippen LogP contribution < -0.4 is 5.32 Å². The van der Waals surface area contributed by atoms with E-state index in [1.165, 1.54) is 0 Å². The quantitative estimate of drug-likeness (QED) is 0.599. The monoisotopic (exact) mass is 385 g/mol. The van der Waals surface area contributed by atoms with E-state index in [0.717, 1.165) is 16.4 Å². The van der Waals surface area contributed by atoms with Gasteiger partial charge in [0.05, 0.1) is 10.6 Å². The lowest BCUT2D eigenvalue weighted by Gasteiger charge is -2.14. The van der Waals surface area contributed by atoms with Crippen LogP contribution in [0.1, 0.15) is 37.0 Å². The Hall–Kier alpha value is -0.000000000000000111. The van der Waals surface area contributed by atoms with Gasteiger partial charge in [0.1, 0.15) is 0 Å². The van der Waals surface area contributed by atoms with Crippen molar-refractivity contribution in [2.24, 2.45) is 0 Å². The summed E-state index contributed by atoms with van der Waals surface area (Å²) in [6.07, 6.45) is 1.99. The Morgan fingerprint density at radius 3 is 2.71 bits per heavy atom. The van der Waals surface area contributed by atoms with Crippen LogP contribution in [0.3, 0.4) is 0 Å². The average Bonchev–Trinajstić information content (AvgIpc) is 2.23. The summed E-state index contributed by atoms with van der Waals surface area (Å²) in [5.41, 5.74) is 0.533. The van der Waals surface area contributed by atoms with E-state index in [9.17, 15) is 4.79 Å². The number of hydrogen-bond donors (Lipinski definition) is 1. The smallest absolute Gasteiger partial charge is 0.252 e. The van der Waals surface area contributed by atoms with Gasteiger partial charge in [0.15, 0.2) is 0 Å². The molecule has 0 heterocycles. The maximum atomic E-state index is 12.0. The molecule has 1 atom stereocenters. The standard InChI is InChI=1S/C12H14Cl2INO/c1-3-4-7(2)16-12(17)9-5-8(13)6-10(14)11(9)15/h5-7H,3-4H2,1-2H3,(H,16,17). The van der Waals surface area contributed by atoms with Gasteiger partial charge in [-0.15, -0.1) is 0 Å². The minimum Gasteiger partial charge on any atom is -0.350 e. The number of carbonyl (C=O) groups excluding carboxylic acids is 1. The number of halogens is 3. The summed E-state index contributed by atoms with van der Waals surface area (Å²) in [5.74, 6) is -0.125. The molecule has 1 unspecified atom stereocenters. The zero-order valence-electron chi connectivity index (χ0n) is 9.69. The van der Waals surface area contributed by atoms with E-state index < -0.39 is 0 Å². The van der Waals surface area contributed by atoms with Gasteiger partial charge in [-0.25, -0.2) is 0 Å². The highest BCUT2D eigenvalue weighted by atomic mass is 127. The molecule has 0 saturated carbocycles. The third-order valence-corrected chi connectivity index (χ3v) is 4.33. The van der Waals surface area contributed by atoms with Crippen LogP contribution in [0.25, 0.3) is 0 Å². The van der Waals surface area contributed by atoms with Crippen molar-refractivity contribution in [1.29, 1.82) is 0 Å². The predicted molar refractivity (Wildman–Crippen MR) is 81.0 cm³/mol. The largest absolute Gasteiger partial charge is 0.350 e. The van der Waals surface area contributed by atoms with Crippen molar-refractivity contribution in [1.82, 2.24) is 5.32 Å². The molecular formula is C12H14Cl2INO. The zero-order chi connectivity index (χ0) is 13.0. The van der Waals surface area contributed by atoms with Gasteiger partial charge in [0, 0.05) is 14.6 Å². The molecule has 0 fully saturated rings. The summed E-state index contributed by atoms with van der Waals surface area (Å²) in [7, 11) is 0. The molecule has 1 aromatic rings. The van der Waals surface area contributed by atoms with Gasteiger partial charge < -0.3 is 5.32 Å². The Labute approximate surface area is 125 Å². The molecule has 0 saturated heterocycles. The molecule has 94 valence electrons. The number of hydrogen-bond acceptors (Lipinski definition) is 1. The molecule has 0 aliphatic rings. The molecule has 17 heavy (non-hydrogen) atoms. The molecule has 0 aromatic heterocycles. The molecule has 0 aliphatic carbocycles. The summed E-state index contributed by atoms with van der Waals surface area (Å²) in [6.45, 7) is 4.07. The van der Waals surface area contributed by atoms with E-state index in [0.29, 0.717) is 15.6 Å². The third kappa shape index (κ3) is 4.30. The van der Waals surface area contributed by atoms with Crippen LogP contribution in [0.5, 0.6) is 0 Å². The number of benzene rings is 1. The molecule has 1 N–H and O–H groups in total. The summed E-state index contributed by atoms with van der Waals surface area (Å²) in [4.78, 5) is 12.0. The van der Waals surface area contributed by atoms with Crippen LogP contribution in [0, 0.1) is 3.57 Å². The van der Waals surface area contributed by atoms with Crippen LogP contribution in [-0.4, -0.2) is 11.9 Å². The van der Waals surface area contributed by atoms with Gasteiger partial charge in [-0.05, 0) is 48.1 Å². The number of nitrogens with one attached hydrogen (secondary N) is 1. The first-order chi connectivity index (χ1) is 7.95. The Kier molecular flexibility index (Phi) is 6.03. The topological polar surface area (TPSA) is 29.1 Å². The maximum Gasteiger partial charge on any atom is 0.252 e. The lowest BCUT2D eigenvalue weighted by molar-refractivity contribution is 0.0937. The normalized spacial score (nSPS) is 12.3. The highest BCUT2D eigenvalue weighted by Crippen LogP contribution is 2.26. The van der Waals surface area contributed by atoms with Crippen molar-refractivity contribution in [3.05, 3.63) is 31.3 Å². The minimum atomic E-state index is -0.125. The van der Waals surface area contributed by atoms with Gasteiger partial charge in [0.2, 0.25) is 0 Å². The van der Waals surface area contributed by atoms with E-state index in [4.69, 9.17) is 23.2 Å². The van der Waals surface area contributed by atoms with E-state index in [2.05, 4.69) is 34.8 Å². The molecule has 1 amide bonds. The SMILES string of the molecule is CCCC(C)NC(=O)c1cc(Cl)cc(Cl)c1I. The minimum absolute atomic E-state index is 0.125. The van der Waals surface area contributed by atoms with Crippen LogP contribution in [0.4, 0.5) is 0 Å². The Bertz CT molecular complexity index is 423. The van der Waals surface area contributed by atoms with Crippen molar-refractivity contribution in [3.8, 4) is 0 Å². The fraction of sp³-hybridized carbons (Fsp3) is 0.417. The van der Waals surface area contributed by atoms with Gasteiger partial charge in [-0.3, -0.25) is 4.79 Å². The first-order valence-electron chi connectivity index (χ1n) is 5.41.